The number of aliphatic hydroxyl groups is 1. The van der Waals surface area contributed by atoms with E-state index in [1.54, 1.807) is 0 Å². The molecule has 13 heteroatoms. The Bertz CT molecular complexity index is 1310. The van der Waals surface area contributed by atoms with Crippen LogP contribution in [-0.2, 0) is 9.53 Å². The number of aromatic nitrogens is 2. The van der Waals surface area contributed by atoms with Crippen molar-refractivity contribution in [3.05, 3.63) is 42.0 Å². The second kappa shape index (κ2) is 12.4. The van der Waals surface area contributed by atoms with Crippen LogP contribution in [0.3, 0.4) is 0 Å². The molecule has 5 rings (SSSR count). The van der Waals surface area contributed by atoms with Gasteiger partial charge in [0, 0.05) is 30.6 Å². The molecule has 1 saturated carbocycles. The van der Waals surface area contributed by atoms with Crippen molar-refractivity contribution in [3.8, 4) is 17.1 Å². The molecule has 0 spiro atoms. The molecule has 3 heterocycles. The van der Waals surface area contributed by atoms with Crippen molar-refractivity contribution in [2.75, 3.05) is 39.9 Å². The minimum Gasteiger partial charge on any atom is -0.476 e. The van der Waals surface area contributed by atoms with Gasteiger partial charge < -0.3 is 24.4 Å². The summed E-state index contributed by atoms with van der Waals surface area (Å²) in [7, 11) is 1.13. The quantitative estimate of drug-likeness (QED) is 0.343. The summed E-state index contributed by atoms with van der Waals surface area (Å²) in [6, 6.07) is 3.81. The second-order valence-corrected chi connectivity index (χ2v) is 11.8. The molecule has 0 bridgehead atoms. The first-order valence-electron chi connectivity index (χ1n) is 14.6. The number of amides is 1. The Morgan fingerprint density at radius 1 is 1.05 bits per heavy atom. The highest BCUT2D eigenvalue weighted by atomic mass is 19.4. The number of carbonyl (C=O) groups is 2. The van der Waals surface area contributed by atoms with Crippen LogP contribution in [0, 0.1) is 17.2 Å². The lowest BCUT2D eigenvalue weighted by molar-refractivity contribution is -0.256. The van der Waals surface area contributed by atoms with E-state index >= 15 is 4.39 Å². The molecule has 9 nitrogen and oxygen atoms in total. The molecular formula is C30H36F4N4O5. The highest BCUT2D eigenvalue weighted by Gasteiger charge is 2.58. The van der Waals surface area contributed by atoms with Crippen LogP contribution in [0.1, 0.15) is 61.7 Å². The molecule has 43 heavy (non-hydrogen) atoms. The van der Waals surface area contributed by atoms with Crippen molar-refractivity contribution in [1.82, 2.24) is 19.8 Å². The molecule has 0 radical (unpaired) electrons. The molecule has 2 aromatic rings. The Balaban J connectivity index is 1.15. The van der Waals surface area contributed by atoms with Gasteiger partial charge in [-0.15, -0.1) is 0 Å². The van der Waals surface area contributed by atoms with Crippen LogP contribution in [-0.4, -0.2) is 88.5 Å². The second-order valence-electron chi connectivity index (χ2n) is 11.8. The number of hydrogen-bond donors (Lipinski definition) is 1. The maximum absolute atomic E-state index is 15.1. The summed E-state index contributed by atoms with van der Waals surface area (Å²) in [4.78, 5) is 36.7. The van der Waals surface area contributed by atoms with E-state index in [0.29, 0.717) is 39.0 Å². The molecule has 1 unspecified atom stereocenters. The summed E-state index contributed by atoms with van der Waals surface area (Å²) >= 11 is 0. The minimum absolute atomic E-state index is 0.0256. The number of methoxy groups -OCH3 is 1. The van der Waals surface area contributed by atoms with Gasteiger partial charge in [0.25, 0.3) is 5.91 Å². The number of esters is 1. The highest BCUT2D eigenvalue weighted by molar-refractivity contribution is 5.98. The van der Waals surface area contributed by atoms with Gasteiger partial charge in [-0.3, -0.25) is 4.79 Å². The van der Waals surface area contributed by atoms with Crippen LogP contribution in [0.5, 0.6) is 5.88 Å². The van der Waals surface area contributed by atoms with Gasteiger partial charge in [-0.25, -0.2) is 19.2 Å². The fourth-order valence-electron chi connectivity index (χ4n) is 6.23. The third-order valence-electron chi connectivity index (χ3n) is 9.09. The number of carbonyl (C=O) groups excluding carboxylic acids is 2. The van der Waals surface area contributed by atoms with Gasteiger partial charge in [-0.2, -0.15) is 13.2 Å². The summed E-state index contributed by atoms with van der Waals surface area (Å²) in [5.74, 6) is -1.94. The summed E-state index contributed by atoms with van der Waals surface area (Å²) < 4.78 is 66.1. The van der Waals surface area contributed by atoms with Crippen LogP contribution >= 0.6 is 0 Å². The maximum atomic E-state index is 15.1. The zero-order chi connectivity index (χ0) is 30.8. The van der Waals surface area contributed by atoms with Crippen molar-refractivity contribution in [2.45, 2.75) is 63.3 Å². The predicted molar refractivity (Wildman–Crippen MR) is 146 cm³/mol. The summed E-state index contributed by atoms with van der Waals surface area (Å²) in [6.45, 7) is 1.73. The van der Waals surface area contributed by atoms with Crippen molar-refractivity contribution in [1.29, 1.82) is 0 Å². The van der Waals surface area contributed by atoms with Crippen molar-refractivity contribution in [3.63, 3.8) is 0 Å². The molecule has 1 N–H and O–H groups in total. The van der Waals surface area contributed by atoms with E-state index in [4.69, 9.17) is 4.74 Å². The number of likely N-dealkylation sites (tertiary alicyclic amines) is 2. The Morgan fingerprint density at radius 2 is 1.79 bits per heavy atom. The van der Waals surface area contributed by atoms with Crippen LogP contribution in [0.4, 0.5) is 17.6 Å². The average Bonchev–Trinajstić information content (AvgIpc) is 2.97. The van der Waals surface area contributed by atoms with Gasteiger partial charge in [0.15, 0.2) is 0 Å². The maximum Gasteiger partial charge on any atom is 0.395 e. The monoisotopic (exact) mass is 608 g/mol. The summed E-state index contributed by atoms with van der Waals surface area (Å²) in [6.07, 6.45) is 2.20. The number of halogens is 4. The predicted octanol–water partition coefficient (Wildman–Crippen LogP) is 4.59. The van der Waals surface area contributed by atoms with E-state index in [2.05, 4.69) is 14.7 Å². The fraction of sp³-hybridized carbons (Fsp3) is 0.600. The minimum atomic E-state index is -4.16. The Hall–Kier alpha value is -3.32. The lowest BCUT2D eigenvalue weighted by Gasteiger charge is -2.47. The van der Waals surface area contributed by atoms with Gasteiger partial charge in [0.05, 0.1) is 37.2 Å². The van der Waals surface area contributed by atoms with Gasteiger partial charge in [0.1, 0.15) is 5.82 Å². The number of ether oxygens (including phenoxy) is 2. The van der Waals surface area contributed by atoms with E-state index in [9.17, 15) is 27.9 Å². The Labute approximate surface area is 247 Å². The number of benzene rings is 1. The summed E-state index contributed by atoms with van der Waals surface area (Å²) in [5.41, 5.74) is -3.37. The fourth-order valence-corrected chi connectivity index (χ4v) is 6.23. The third kappa shape index (κ3) is 6.33. The third-order valence-corrected chi connectivity index (χ3v) is 9.09. The Morgan fingerprint density at radius 3 is 2.37 bits per heavy atom. The lowest BCUT2D eigenvalue weighted by atomic mass is 9.67. The highest BCUT2D eigenvalue weighted by Crippen LogP contribution is 2.53. The normalized spacial score (nSPS) is 23.0. The van der Waals surface area contributed by atoms with E-state index < -0.39 is 35.0 Å². The van der Waals surface area contributed by atoms with E-state index in [-0.39, 0.29) is 61.0 Å². The van der Waals surface area contributed by atoms with Crippen molar-refractivity contribution >= 4 is 11.9 Å². The molecule has 3 aliphatic rings. The van der Waals surface area contributed by atoms with Gasteiger partial charge in [-0.1, -0.05) is 6.42 Å². The van der Waals surface area contributed by atoms with Crippen LogP contribution in [0.2, 0.25) is 0 Å². The zero-order valence-corrected chi connectivity index (χ0v) is 24.0. The first-order chi connectivity index (χ1) is 20.5. The van der Waals surface area contributed by atoms with Gasteiger partial charge >= 0.3 is 12.1 Å². The standard InChI is InChI=1S/C30H36F4N4O5/c1-42-27(40)29(41)11-2-3-12-38(29)26(39)21-5-6-22(23(31)15-21)24-16-36-25(17-35-24)43-18-20-7-13-37(14-8-20)19-28(9-4-10-28)30(32,33)34/h5-6,15-17,20,41H,2-4,7-14,18-19H2,1H3. The number of piperidine rings is 2. The molecule has 1 atom stereocenters. The zero-order valence-electron chi connectivity index (χ0n) is 24.0. The smallest absolute Gasteiger partial charge is 0.395 e. The number of rotatable bonds is 8. The molecule has 1 aliphatic carbocycles. The van der Waals surface area contributed by atoms with Crippen LogP contribution in [0.25, 0.3) is 11.3 Å². The van der Waals surface area contributed by atoms with Crippen molar-refractivity contribution < 1.29 is 41.7 Å². The number of alkyl halides is 3. The average molecular weight is 609 g/mol. The number of nitrogens with zero attached hydrogens (tertiary/aromatic N) is 4. The summed E-state index contributed by atoms with van der Waals surface area (Å²) in [5, 5.41) is 10.8. The lowest BCUT2D eigenvalue weighted by Crippen LogP contribution is -2.59. The van der Waals surface area contributed by atoms with E-state index in [1.165, 1.54) is 24.5 Å². The molecule has 1 aromatic heterocycles. The largest absolute Gasteiger partial charge is 0.476 e. The molecule has 1 aromatic carbocycles. The first-order valence-corrected chi connectivity index (χ1v) is 14.6. The number of hydrogen-bond acceptors (Lipinski definition) is 8. The Kier molecular flexibility index (Phi) is 8.94. The van der Waals surface area contributed by atoms with Gasteiger partial charge in [0.2, 0.25) is 11.6 Å². The van der Waals surface area contributed by atoms with Crippen LogP contribution < -0.4 is 4.74 Å². The topological polar surface area (TPSA) is 105 Å². The molecule has 234 valence electrons. The first kappa shape index (κ1) is 31.1. The molecule has 3 fully saturated rings. The van der Waals surface area contributed by atoms with E-state index in [0.717, 1.165) is 30.9 Å². The van der Waals surface area contributed by atoms with E-state index in [1.807, 2.05) is 4.90 Å². The van der Waals surface area contributed by atoms with Crippen LogP contribution in [0.15, 0.2) is 30.6 Å². The van der Waals surface area contributed by atoms with Gasteiger partial charge in [-0.05, 0) is 75.7 Å². The molecule has 2 saturated heterocycles. The molecular weight excluding hydrogens is 572 g/mol. The SMILES string of the molecule is COC(=O)C1(O)CCCCN1C(=O)c1ccc(-c2cnc(OCC3CCN(CC4(C(F)(F)F)CCC4)CC3)cn2)c(F)c1. The molecule has 2 aliphatic heterocycles. The van der Waals surface area contributed by atoms with Crippen molar-refractivity contribution in [2.24, 2.45) is 11.3 Å². The molecule has 1 amide bonds.